The van der Waals surface area contributed by atoms with Crippen LogP contribution in [-0.4, -0.2) is 74.5 Å². The van der Waals surface area contributed by atoms with Crippen molar-refractivity contribution in [3.8, 4) is 0 Å². The number of hydrogen-bond acceptors (Lipinski definition) is 8. The van der Waals surface area contributed by atoms with Crippen molar-refractivity contribution in [1.29, 1.82) is 0 Å². The number of rotatable bonds is 19. The molecule has 2 aliphatic carbocycles. The number of ether oxygens (including phenoxy) is 6. The second kappa shape index (κ2) is 20.7. The van der Waals surface area contributed by atoms with Crippen molar-refractivity contribution in [2.24, 2.45) is 23.7 Å². The van der Waals surface area contributed by atoms with Gasteiger partial charge < -0.3 is 33.5 Å². The minimum Gasteiger partial charge on any atom is -0.393 e. The van der Waals surface area contributed by atoms with E-state index in [4.69, 9.17) is 28.4 Å². The number of ketones is 1. The SMILES string of the molecule is CCCC[C@H]1CC[C@H]([C@@H](/C=C/[C@@H]2[C@@H](CC(=O)CCCCCOC3CCCCO3)[C@@H](O)C[C@H]2OC2CCCCO2)OC2CCCCO2)C1. The zero-order valence-corrected chi connectivity index (χ0v) is 29.4. The maximum absolute atomic E-state index is 13.3. The number of aliphatic hydroxyl groups excluding tert-OH is 1. The van der Waals surface area contributed by atoms with Crippen LogP contribution >= 0.6 is 0 Å². The number of unbranched alkanes of at least 4 members (excludes halogenated alkanes) is 3. The van der Waals surface area contributed by atoms with Crippen molar-refractivity contribution in [2.45, 2.75) is 179 Å². The van der Waals surface area contributed by atoms with Crippen molar-refractivity contribution in [3.05, 3.63) is 12.2 Å². The van der Waals surface area contributed by atoms with E-state index in [0.717, 1.165) is 96.4 Å². The number of Topliss-reactive ketones (excluding diaryl/α,β-unsaturated/α-hetero) is 1. The van der Waals surface area contributed by atoms with Gasteiger partial charge in [-0.2, -0.15) is 0 Å². The normalized spacial score (nSPS) is 35.8. The van der Waals surface area contributed by atoms with E-state index in [2.05, 4.69) is 19.1 Å². The Morgan fingerprint density at radius 1 is 0.830 bits per heavy atom. The zero-order chi connectivity index (χ0) is 32.7. The van der Waals surface area contributed by atoms with Crippen LogP contribution in [0.1, 0.15) is 142 Å². The molecule has 0 spiro atoms. The molecular formula is C39H66O8. The third-order valence-corrected chi connectivity index (χ3v) is 11.3. The summed E-state index contributed by atoms with van der Waals surface area (Å²) in [5, 5.41) is 11.3. The van der Waals surface area contributed by atoms with Crippen LogP contribution in [0.5, 0.6) is 0 Å². The summed E-state index contributed by atoms with van der Waals surface area (Å²) in [6.45, 7) is 5.25. The summed E-state index contributed by atoms with van der Waals surface area (Å²) in [5.41, 5.74) is 0. The van der Waals surface area contributed by atoms with Crippen LogP contribution in [-0.2, 0) is 33.2 Å². The van der Waals surface area contributed by atoms with Crippen molar-refractivity contribution >= 4 is 5.78 Å². The fourth-order valence-electron chi connectivity index (χ4n) is 8.54. The number of carbonyl (C=O) groups excluding carboxylic acids is 1. The zero-order valence-electron chi connectivity index (χ0n) is 29.4. The smallest absolute Gasteiger partial charge is 0.158 e. The second-order valence-corrected chi connectivity index (χ2v) is 15.1. The Hall–Kier alpha value is -0.870. The topological polar surface area (TPSA) is 92.7 Å². The third-order valence-electron chi connectivity index (χ3n) is 11.3. The summed E-state index contributed by atoms with van der Waals surface area (Å²) >= 11 is 0. The molecular weight excluding hydrogens is 596 g/mol. The molecule has 5 aliphatic rings. The number of aliphatic hydroxyl groups is 1. The van der Waals surface area contributed by atoms with E-state index in [-0.39, 0.29) is 48.7 Å². The molecule has 8 nitrogen and oxygen atoms in total. The number of carbonyl (C=O) groups is 1. The van der Waals surface area contributed by atoms with E-state index in [1.807, 2.05) is 0 Å². The quantitative estimate of drug-likeness (QED) is 0.110. The maximum atomic E-state index is 13.3. The van der Waals surface area contributed by atoms with Crippen LogP contribution in [0.4, 0.5) is 0 Å². The summed E-state index contributed by atoms with van der Waals surface area (Å²) < 4.78 is 36.8. The third kappa shape index (κ3) is 12.4. The first-order valence-electron chi connectivity index (χ1n) is 19.7. The van der Waals surface area contributed by atoms with Crippen molar-refractivity contribution in [1.82, 2.24) is 0 Å². The molecule has 2 saturated carbocycles. The molecule has 0 aromatic rings. The maximum Gasteiger partial charge on any atom is 0.158 e. The lowest BCUT2D eigenvalue weighted by molar-refractivity contribution is -0.193. The first kappa shape index (κ1) is 37.4. The van der Waals surface area contributed by atoms with Gasteiger partial charge in [-0.05, 0) is 95.3 Å². The molecule has 5 rings (SSSR count). The van der Waals surface area contributed by atoms with E-state index in [1.54, 1.807) is 0 Å². The molecule has 0 bridgehead atoms. The summed E-state index contributed by atoms with van der Waals surface area (Å²) in [6.07, 6.45) is 24.5. The molecule has 47 heavy (non-hydrogen) atoms. The molecule has 0 radical (unpaired) electrons. The van der Waals surface area contributed by atoms with Crippen molar-refractivity contribution < 1.29 is 38.3 Å². The van der Waals surface area contributed by atoms with Gasteiger partial charge in [-0.25, -0.2) is 0 Å². The van der Waals surface area contributed by atoms with Gasteiger partial charge in [0, 0.05) is 57.5 Å². The van der Waals surface area contributed by atoms with Gasteiger partial charge in [0.2, 0.25) is 0 Å². The Balaban J connectivity index is 1.19. The van der Waals surface area contributed by atoms with E-state index >= 15 is 0 Å². The van der Waals surface area contributed by atoms with Gasteiger partial charge in [0.15, 0.2) is 18.9 Å². The van der Waals surface area contributed by atoms with Crippen LogP contribution in [0.3, 0.4) is 0 Å². The standard InChI is InChI=1S/C39H66O8/c1-2-3-13-29-18-19-30(26-29)35(46-38-16-7-11-24-44-38)21-20-32-33(34(41)28-36(32)47-39-17-8-12-25-45-39)27-31(40)14-5-4-9-22-42-37-15-6-10-23-43-37/h20-21,29-30,32-39,41H,2-19,22-28H2,1H3/b21-20+/t29-,30-,32+,33+,34-,35+,36+,37?,38?,39?/m0/s1. The Kier molecular flexibility index (Phi) is 16.5. The van der Waals surface area contributed by atoms with Gasteiger partial charge in [-0.15, -0.1) is 0 Å². The monoisotopic (exact) mass is 662 g/mol. The fourth-order valence-corrected chi connectivity index (χ4v) is 8.54. The van der Waals surface area contributed by atoms with Crippen LogP contribution in [0.25, 0.3) is 0 Å². The molecule has 0 aromatic heterocycles. The highest BCUT2D eigenvalue weighted by Crippen LogP contribution is 2.42. The molecule has 3 aliphatic heterocycles. The lowest BCUT2D eigenvalue weighted by atomic mass is 9.86. The van der Waals surface area contributed by atoms with E-state index in [0.29, 0.717) is 31.8 Å². The molecule has 5 fully saturated rings. The summed E-state index contributed by atoms with van der Waals surface area (Å²) in [4.78, 5) is 13.3. The minimum atomic E-state index is -0.572. The van der Waals surface area contributed by atoms with Gasteiger partial charge >= 0.3 is 0 Å². The average molecular weight is 663 g/mol. The molecule has 10 atom stereocenters. The van der Waals surface area contributed by atoms with Gasteiger partial charge in [0.1, 0.15) is 5.78 Å². The van der Waals surface area contributed by atoms with Crippen LogP contribution in [0.2, 0.25) is 0 Å². The highest BCUT2D eigenvalue weighted by Gasteiger charge is 2.44. The van der Waals surface area contributed by atoms with Gasteiger partial charge in [0.05, 0.1) is 18.3 Å². The Morgan fingerprint density at radius 2 is 1.55 bits per heavy atom. The lowest BCUT2D eigenvalue weighted by Crippen LogP contribution is -2.33. The average Bonchev–Trinajstić information content (AvgIpc) is 3.68. The molecule has 3 saturated heterocycles. The van der Waals surface area contributed by atoms with E-state index in [9.17, 15) is 9.90 Å². The molecule has 1 N–H and O–H groups in total. The van der Waals surface area contributed by atoms with Gasteiger partial charge in [-0.3, -0.25) is 4.79 Å². The lowest BCUT2D eigenvalue weighted by Gasteiger charge is -2.31. The van der Waals surface area contributed by atoms with Crippen molar-refractivity contribution in [2.75, 3.05) is 26.4 Å². The molecule has 0 amide bonds. The van der Waals surface area contributed by atoms with E-state index in [1.165, 1.54) is 44.9 Å². The first-order chi connectivity index (χ1) is 23.1. The fraction of sp³-hybridized carbons (Fsp3) is 0.923. The predicted octanol–water partition coefficient (Wildman–Crippen LogP) is 8.03. The largest absolute Gasteiger partial charge is 0.393 e. The second-order valence-electron chi connectivity index (χ2n) is 15.1. The first-order valence-corrected chi connectivity index (χ1v) is 19.7. The van der Waals surface area contributed by atoms with E-state index < -0.39 is 6.10 Å². The summed E-state index contributed by atoms with van der Waals surface area (Å²) in [5.74, 6) is 1.26. The Bertz CT molecular complexity index is 893. The minimum absolute atomic E-state index is 0.0216. The molecule has 8 heteroatoms. The van der Waals surface area contributed by atoms with Crippen LogP contribution in [0, 0.1) is 23.7 Å². The van der Waals surface area contributed by atoms with Gasteiger partial charge in [-0.1, -0.05) is 51.2 Å². The molecule has 270 valence electrons. The van der Waals surface area contributed by atoms with Crippen molar-refractivity contribution in [3.63, 3.8) is 0 Å². The highest BCUT2D eigenvalue weighted by atomic mass is 16.7. The summed E-state index contributed by atoms with van der Waals surface area (Å²) in [6, 6.07) is 0. The molecule has 0 aromatic carbocycles. The predicted molar refractivity (Wildman–Crippen MR) is 182 cm³/mol. The highest BCUT2D eigenvalue weighted by molar-refractivity contribution is 5.78. The molecule has 3 unspecified atom stereocenters. The van der Waals surface area contributed by atoms with Gasteiger partial charge in [0.25, 0.3) is 0 Å². The summed E-state index contributed by atoms with van der Waals surface area (Å²) in [7, 11) is 0. The Morgan fingerprint density at radius 3 is 2.26 bits per heavy atom. The number of hydrogen-bond donors (Lipinski definition) is 1. The van der Waals surface area contributed by atoms with Crippen LogP contribution < -0.4 is 0 Å². The Labute approximate surface area is 285 Å². The van der Waals surface area contributed by atoms with Crippen LogP contribution in [0.15, 0.2) is 12.2 Å². The molecule has 3 heterocycles.